The van der Waals surface area contributed by atoms with Crippen LogP contribution in [0.2, 0.25) is 0 Å². The van der Waals surface area contributed by atoms with Crippen molar-refractivity contribution in [2.75, 3.05) is 0 Å². The Morgan fingerprint density at radius 3 is 1.86 bits per heavy atom. The summed E-state index contributed by atoms with van der Waals surface area (Å²) in [5, 5.41) is 0. The Kier molecular flexibility index (Phi) is 7.17. The van der Waals surface area contributed by atoms with Crippen LogP contribution in [0.1, 0.15) is 19.4 Å². The molecule has 0 fully saturated rings. The smallest absolute Gasteiger partial charge is 0.423 e. The maximum absolute atomic E-state index is 14.0. The fourth-order valence-corrected chi connectivity index (χ4v) is 5.61. The zero-order valence-corrected chi connectivity index (χ0v) is 19.8. The molecule has 0 saturated carbocycles. The molecule has 4 rings (SSSR count). The molecule has 0 aliphatic carbocycles. The second-order valence-electron chi connectivity index (χ2n) is 8.17. The van der Waals surface area contributed by atoms with Gasteiger partial charge < -0.3 is 9.47 Å². The van der Waals surface area contributed by atoms with Crippen LogP contribution in [0, 0.1) is 17.5 Å². The number of carbonyl (C=O) groups is 1. The quantitative estimate of drug-likeness (QED) is 0.157. The van der Waals surface area contributed by atoms with Gasteiger partial charge in [0.25, 0.3) is 0 Å². The molecule has 4 aromatic carbocycles. The molecule has 178 valence electrons. The maximum Gasteiger partial charge on any atom is 0.514 e. The van der Waals surface area contributed by atoms with Gasteiger partial charge in [0.05, 0.1) is 10.9 Å². The van der Waals surface area contributed by atoms with Gasteiger partial charge in [-0.3, -0.25) is 0 Å². The molecule has 0 heterocycles. The molecule has 0 aromatic heterocycles. The molecule has 1 unspecified atom stereocenters. The van der Waals surface area contributed by atoms with E-state index in [-0.39, 0.29) is 11.6 Å². The fourth-order valence-electron chi connectivity index (χ4n) is 3.49. The monoisotopic (exact) mass is 495 g/mol. The molecule has 0 bridgehead atoms. The van der Waals surface area contributed by atoms with E-state index >= 15 is 0 Å². The topological polar surface area (TPSA) is 35.5 Å². The summed E-state index contributed by atoms with van der Waals surface area (Å²) in [4.78, 5) is 14.6. The summed E-state index contributed by atoms with van der Waals surface area (Å²) in [5.74, 6) is -1.45. The van der Waals surface area contributed by atoms with Crippen molar-refractivity contribution in [3.8, 4) is 5.75 Å². The molecule has 0 saturated heterocycles. The molecule has 1 atom stereocenters. The molecule has 0 aliphatic heterocycles. The van der Waals surface area contributed by atoms with Crippen LogP contribution in [-0.2, 0) is 21.2 Å². The molecule has 35 heavy (non-hydrogen) atoms. The van der Waals surface area contributed by atoms with Crippen LogP contribution in [0.25, 0.3) is 0 Å². The number of rotatable bonds is 6. The number of ether oxygens (including phenoxy) is 2. The van der Waals surface area contributed by atoms with Crippen LogP contribution < -0.4 is 4.74 Å². The third kappa shape index (κ3) is 6.05. The van der Waals surface area contributed by atoms with Crippen LogP contribution in [0.3, 0.4) is 0 Å². The Morgan fingerprint density at radius 1 is 0.686 bits per heavy atom. The molecular formula is C28H22F3O3S+. The van der Waals surface area contributed by atoms with Gasteiger partial charge in [-0.2, -0.15) is 0 Å². The predicted octanol–water partition coefficient (Wildman–Crippen LogP) is 7.65. The number of carbonyl (C=O) groups excluding carboxylic acids is 1. The van der Waals surface area contributed by atoms with Gasteiger partial charge in [-0.25, -0.2) is 18.0 Å². The second kappa shape index (κ2) is 10.3. The lowest BCUT2D eigenvalue weighted by atomic mass is 9.98. The van der Waals surface area contributed by atoms with Crippen molar-refractivity contribution in [1.29, 1.82) is 0 Å². The second-order valence-corrected chi connectivity index (χ2v) is 10.2. The van der Waals surface area contributed by atoms with Gasteiger partial charge in [0.1, 0.15) is 28.8 Å². The first kappa shape index (κ1) is 24.4. The minimum atomic E-state index is -1.04. The van der Waals surface area contributed by atoms with Crippen LogP contribution in [0.15, 0.2) is 112 Å². The summed E-state index contributed by atoms with van der Waals surface area (Å²) >= 11 is 0. The van der Waals surface area contributed by atoms with Gasteiger partial charge in [-0.05, 0) is 67.9 Å². The van der Waals surface area contributed by atoms with E-state index in [1.54, 1.807) is 38.1 Å². The average Bonchev–Trinajstić information content (AvgIpc) is 2.80. The summed E-state index contributed by atoms with van der Waals surface area (Å²) < 4.78 is 51.9. The fraction of sp³-hybridized carbons (Fsp3) is 0.107. The van der Waals surface area contributed by atoms with E-state index in [9.17, 15) is 18.0 Å². The van der Waals surface area contributed by atoms with Gasteiger partial charge >= 0.3 is 6.16 Å². The summed E-state index contributed by atoms with van der Waals surface area (Å²) in [6, 6.07) is 25.2. The molecule has 4 aromatic rings. The van der Waals surface area contributed by atoms with E-state index in [1.165, 1.54) is 36.4 Å². The van der Waals surface area contributed by atoms with Crippen molar-refractivity contribution in [1.82, 2.24) is 0 Å². The van der Waals surface area contributed by atoms with E-state index in [4.69, 9.17) is 9.47 Å². The predicted molar refractivity (Wildman–Crippen MR) is 128 cm³/mol. The lowest BCUT2D eigenvalue weighted by Crippen LogP contribution is -2.27. The van der Waals surface area contributed by atoms with Crippen LogP contribution in [0.4, 0.5) is 18.0 Å². The summed E-state index contributed by atoms with van der Waals surface area (Å²) in [5.41, 5.74) is -0.424. The van der Waals surface area contributed by atoms with Gasteiger partial charge in [0.2, 0.25) is 0 Å². The molecule has 0 N–H and O–H groups in total. The van der Waals surface area contributed by atoms with E-state index in [2.05, 4.69) is 0 Å². The summed E-state index contributed by atoms with van der Waals surface area (Å²) in [7, 11) is -0.781. The highest BCUT2D eigenvalue weighted by Gasteiger charge is 2.30. The lowest BCUT2D eigenvalue weighted by molar-refractivity contribution is 0.00633. The molecular weight excluding hydrogens is 473 g/mol. The SMILES string of the molecule is CC(C)(OC(=O)Oc1ccc([S+](c2ccccc2)c2cc(F)cc(F)c2)cc1)c1ccc(F)cc1. The molecule has 0 amide bonds. The largest absolute Gasteiger partial charge is 0.514 e. The summed E-state index contributed by atoms with van der Waals surface area (Å²) in [6.45, 7) is 3.35. The Hall–Kier alpha value is -3.71. The van der Waals surface area contributed by atoms with Crippen molar-refractivity contribution >= 4 is 17.1 Å². The number of halogens is 3. The van der Waals surface area contributed by atoms with Crippen molar-refractivity contribution < 1.29 is 27.4 Å². The lowest BCUT2D eigenvalue weighted by Gasteiger charge is -2.25. The molecule has 0 spiro atoms. The van der Waals surface area contributed by atoms with E-state index < -0.39 is 34.3 Å². The standard InChI is InChI=1S/C28H22F3O3S/c1-28(2,19-8-10-20(29)11-9-19)34-27(32)33-23-12-14-25(15-13-23)35(24-6-4-3-5-7-24)26-17-21(30)16-22(31)18-26/h3-18H,1-2H3/q+1. The first-order chi connectivity index (χ1) is 16.7. The molecule has 3 nitrogen and oxygen atoms in total. The highest BCUT2D eigenvalue weighted by Crippen LogP contribution is 2.33. The minimum absolute atomic E-state index is 0.246. The van der Waals surface area contributed by atoms with Gasteiger partial charge in [-0.15, -0.1) is 0 Å². The molecule has 0 aliphatic rings. The van der Waals surface area contributed by atoms with E-state index in [0.717, 1.165) is 15.9 Å². The van der Waals surface area contributed by atoms with Crippen molar-refractivity contribution in [2.45, 2.75) is 34.1 Å². The highest BCUT2D eigenvalue weighted by molar-refractivity contribution is 7.97. The molecule has 0 radical (unpaired) electrons. The number of benzene rings is 4. The van der Waals surface area contributed by atoms with E-state index in [0.29, 0.717) is 10.5 Å². The van der Waals surface area contributed by atoms with Crippen molar-refractivity contribution in [3.63, 3.8) is 0 Å². The Morgan fingerprint density at radius 2 is 1.26 bits per heavy atom. The maximum atomic E-state index is 14.0. The Bertz CT molecular complexity index is 1290. The van der Waals surface area contributed by atoms with Crippen LogP contribution >= 0.6 is 0 Å². The van der Waals surface area contributed by atoms with Crippen molar-refractivity contribution in [3.05, 3.63) is 120 Å². The van der Waals surface area contributed by atoms with Crippen LogP contribution in [0.5, 0.6) is 5.75 Å². The first-order valence-electron chi connectivity index (χ1n) is 10.7. The number of hydrogen-bond donors (Lipinski definition) is 0. The average molecular weight is 496 g/mol. The van der Waals surface area contributed by atoms with Crippen LogP contribution in [-0.4, -0.2) is 6.16 Å². The van der Waals surface area contributed by atoms with Gasteiger partial charge in [0, 0.05) is 18.2 Å². The third-order valence-electron chi connectivity index (χ3n) is 5.19. The van der Waals surface area contributed by atoms with E-state index in [1.807, 2.05) is 30.3 Å². The van der Waals surface area contributed by atoms with Gasteiger partial charge in [-0.1, -0.05) is 30.3 Å². The van der Waals surface area contributed by atoms with Crippen molar-refractivity contribution in [2.24, 2.45) is 0 Å². The number of hydrogen-bond acceptors (Lipinski definition) is 3. The summed E-state index contributed by atoms with van der Waals surface area (Å²) in [6.07, 6.45) is -0.915. The first-order valence-corrected chi connectivity index (χ1v) is 12.0. The zero-order chi connectivity index (χ0) is 25.0. The van der Waals surface area contributed by atoms with Gasteiger partial charge in [0.15, 0.2) is 14.7 Å². The highest BCUT2D eigenvalue weighted by atomic mass is 32.2. The third-order valence-corrected chi connectivity index (χ3v) is 7.38. The normalized spacial score (nSPS) is 12.1. The minimum Gasteiger partial charge on any atom is -0.423 e. The molecule has 7 heteroatoms. The Balaban J connectivity index is 1.54. The Labute approximate surface area is 204 Å². The zero-order valence-electron chi connectivity index (χ0n) is 19.0.